The molecule has 4 rings (SSSR count). The third kappa shape index (κ3) is 4.12. The van der Waals surface area contributed by atoms with Crippen LogP contribution in [-0.2, 0) is 9.59 Å². The number of anilines is 1. The molecule has 31 heavy (non-hydrogen) atoms. The number of nitrogens with zero attached hydrogens (tertiary/aromatic N) is 3. The van der Waals surface area contributed by atoms with E-state index in [1.165, 1.54) is 11.8 Å². The van der Waals surface area contributed by atoms with Crippen molar-refractivity contribution in [2.24, 2.45) is 15.9 Å². The van der Waals surface area contributed by atoms with E-state index in [0.717, 1.165) is 17.7 Å². The largest absolute Gasteiger partial charge is 0.324 e. The van der Waals surface area contributed by atoms with E-state index in [1.54, 1.807) is 30.0 Å². The maximum Gasteiger partial charge on any atom is 0.259 e. The number of amides is 2. The summed E-state index contributed by atoms with van der Waals surface area (Å²) in [6, 6.07) is 14.3. The molecule has 6 nitrogen and oxygen atoms in total. The molecule has 1 N–H and O–H groups in total. The minimum Gasteiger partial charge on any atom is -0.324 e. The van der Waals surface area contributed by atoms with Crippen molar-refractivity contribution in [3.63, 3.8) is 0 Å². The van der Waals surface area contributed by atoms with E-state index in [0.29, 0.717) is 21.7 Å². The van der Waals surface area contributed by atoms with E-state index >= 15 is 0 Å². The highest BCUT2D eigenvalue weighted by molar-refractivity contribution is 8.15. The van der Waals surface area contributed by atoms with Gasteiger partial charge in [0.15, 0.2) is 5.17 Å². The van der Waals surface area contributed by atoms with Crippen molar-refractivity contribution in [2.75, 3.05) is 5.32 Å². The Morgan fingerprint density at radius 2 is 1.90 bits per heavy atom. The molecule has 0 unspecified atom stereocenters. The molecule has 2 aromatic rings. The summed E-state index contributed by atoms with van der Waals surface area (Å²) in [5, 5.41) is 3.28. The number of carbonyl (C=O) groups is 2. The van der Waals surface area contributed by atoms with E-state index in [4.69, 9.17) is 21.6 Å². The van der Waals surface area contributed by atoms with Crippen molar-refractivity contribution in [1.82, 2.24) is 4.90 Å². The molecule has 8 heteroatoms. The van der Waals surface area contributed by atoms with Gasteiger partial charge >= 0.3 is 0 Å². The third-order valence-corrected chi connectivity index (χ3v) is 6.85. The van der Waals surface area contributed by atoms with Gasteiger partial charge in [-0.15, -0.1) is 0 Å². The molecular weight excluding hydrogens is 432 g/mol. The Balaban J connectivity index is 1.61. The first-order valence-corrected chi connectivity index (χ1v) is 11.5. The summed E-state index contributed by atoms with van der Waals surface area (Å²) in [5.74, 6) is 0.416. The van der Waals surface area contributed by atoms with Crippen molar-refractivity contribution in [1.29, 1.82) is 0 Å². The Morgan fingerprint density at radius 1 is 1.19 bits per heavy atom. The summed E-state index contributed by atoms with van der Waals surface area (Å²) >= 11 is 7.40. The lowest BCUT2D eigenvalue weighted by molar-refractivity contribution is -0.125. The fourth-order valence-corrected chi connectivity index (χ4v) is 4.55. The zero-order chi connectivity index (χ0) is 22.1. The molecular formula is C23H23ClN4O2S. The molecule has 160 valence electrons. The van der Waals surface area contributed by atoms with E-state index in [-0.39, 0.29) is 17.7 Å². The van der Waals surface area contributed by atoms with Gasteiger partial charge in [-0.1, -0.05) is 67.9 Å². The van der Waals surface area contributed by atoms with Gasteiger partial charge in [0.25, 0.3) is 5.91 Å². The fourth-order valence-electron chi connectivity index (χ4n) is 3.45. The highest BCUT2D eigenvalue weighted by atomic mass is 35.5. The summed E-state index contributed by atoms with van der Waals surface area (Å²) in [7, 11) is 0. The highest BCUT2D eigenvalue weighted by Crippen LogP contribution is 2.36. The minimum atomic E-state index is -0.503. The highest BCUT2D eigenvalue weighted by Gasteiger charge is 2.43. The lowest BCUT2D eigenvalue weighted by Crippen LogP contribution is -2.43. The monoisotopic (exact) mass is 454 g/mol. The number of hydrogen-bond donors (Lipinski definition) is 1. The molecule has 0 fully saturated rings. The van der Waals surface area contributed by atoms with Crippen LogP contribution in [0.25, 0.3) is 0 Å². The number of thioether (sulfide) groups is 1. The van der Waals surface area contributed by atoms with Crippen LogP contribution in [0.5, 0.6) is 0 Å². The molecule has 3 atom stereocenters. The van der Waals surface area contributed by atoms with Crippen molar-refractivity contribution < 1.29 is 9.59 Å². The molecule has 0 bridgehead atoms. The third-order valence-electron chi connectivity index (χ3n) is 5.46. The lowest BCUT2D eigenvalue weighted by Gasteiger charge is -2.27. The SMILES string of the molecule is CC[C@H](C)[C@H]1N=C2c3ccccc3N=C(S[C@@H](C)C(=O)Nc3ccccc3Cl)N2C1=O. The van der Waals surface area contributed by atoms with Gasteiger partial charge in [0.1, 0.15) is 11.9 Å². The van der Waals surface area contributed by atoms with E-state index in [9.17, 15) is 9.59 Å². The Labute approximate surface area is 190 Å². The van der Waals surface area contributed by atoms with Crippen LogP contribution in [0.3, 0.4) is 0 Å². The van der Waals surface area contributed by atoms with Crippen molar-refractivity contribution in [2.45, 2.75) is 38.5 Å². The van der Waals surface area contributed by atoms with Crippen molar-refractivity contribution in [3.8, 4) is 0 Å². The average Bonchev–Trinajstić information content (AvgIpc) is 3.12. The molecule has 0 saturated heterocycles. The maximum atomic E-state index is 13.2. The van der Waals surface area contributed by atoms with Crippen LogP contribution < -0.4 is 5.32 Å². The van der Waals surface area contributed by atoms with Gasteiger partial charge in [0, 0.05) is 5.56 Å². The van der Waals surface area contributed by atoms with E-state index in [2.05, 4.69) is 5.32 Å². The van der Waals surface area contributed by atoms with Crippen molar-refractivity contribution >= 4 is 57.6 Å². The molecule has 0 spiro atoms. The quantitative estimate of drug-likeness (QED) is 0.682. The number of amidine groups is 2. The van der Waals surface area contributed by atoms with E-state index in [1.807, 2.05) is 44.2 Å². The summed E-state index contributed by atoms with van der Waals surface area (Å²) in [4.78, 5) is 37.1. The average molecular weight is 455 g/mol. The number of halogens is 1. The van der Waals surface area contributed by atoms with Gasteiger partial charge in [-0.25, -0.2) is 9.89 Å². The lowest BCUT2D eigenvalue weighted by atomic mass is 10.00. The number of aliphatic imine (C=N–C) groups is 2. The molecule has 0 aliphatic carbocycles. The second kappa shape index (κ2) is 8.85. The molecule has 2 aliphatic rings. The summed E-state index contributed by atoms with van der Waals surface area (Å²) in [5.41, 5.74) is 2.13. The molecule has 2 amide bonds. The summed E-state index contributed by atoms with van der Waals surface area (Å²) < 4.78 is 0. The van der Waals surface area contributed by atoms with Crippen LogP contribution >= 0.6 is 23.4 Å². The first-order chi connectivity index (χ1) is 14.9. The van der Waals surface area contributed by atoms with Crippen LogP contribution in [0.15, 0.2) is 58.5 Å². The molecule has 0 aromatic heterocycles. The van der Waals surface area contributed by atoms with Gasteiger partial charge in [-0.2, -0.15) is 0 Å². The maximum absolute atomic E-state index is 13.2. The molecule has 2 aliphatic heterocycles. The number of fused-ring (bicyclic) bond motifs is 3. The predicted octanol–water partition coefficient (Wildman–Crippen LogP) is 5.11. The number of hydrogen-bond acceptors (Lipinski definition) is 5. The normalized spacial score (nSPS) is 19.2. The second-order valence-corrected chi connectivity index (χ2v) is 9.31. The van der Waals surface area contributed by atoms with Gasteiger partial charge in [0.2, 0.25) is 5.91 Å². The van der Waals surface area contributed by atoms with Crippen LogP contribution in [0.1, 0.15) is 32.8 Å². The number of para-hydroxylation sites is 2. The van der Waals surface area contributed by atoms with Crippen molar-refractivity contribution in [3.05, 3.63) is 59.1 Å². The van der Waals surface area contributed by atoms with Gasteiger partial charge in [-0.05, 0) is 37.1 Å². The number of carbonyl (C=O) groups excluding carboxylic acids is 2. The summed E-state index contributed by atoms with van der Waals surface area (Å²) in [6.45, 7) is 5.86. The van der Waals surface area contributed by atoms with E-state index < -0.39 is 11.3 Å². The standard InChI is InChI=1S/C23H23ClN4O2S/c1-4-13(2)19-22(30)28-20(27-19)15-9-5-7-11-17(15)26-23(28)31-14(3)21(29)25-18-12-8-6-10-16(18)24/h5-14,19H,4H2,1-3H3,(H,25,29)/t13-,14-,19+/m0/s1. The molecule has 0 saturated carbocycles. The second-order valence-electron chi connectivity index (χ2n) is 7.60. The topological polar surface area (TPSA) is 74.1 Å². The molecule has 2 heterocycles. The van der Waals surface area contributed by atoms with Crippen LogP contribution in [0.4, 0.5) is 11.4 Å². The van der Waals surface area contributed by atoms with Crippen LogP contribution in [-0.4, -0.2) is 39.0 Å². The van der Waals surface area contributed by atoms with Gasteiger partial charge in [-0.3, -0.25) is 14.6 Å². The van der Waals surface area contributed by atoms with Crippen LogP contribution in [0.2, 0.25) is 5.02 Å². The molecule has 0 radical (unpaired) electrons. The summed E-state index contributed by atoms with van der Waals surface area (Å²) in [6.07, 6.45) is 0.846. The molecule has 2 aromatic carbocycles. The minimum absolute atomic E-state index is 0.0937. The van der Waals surface area contributed by atoms with Gasteiger partial charge < -0.3 is 5.32 Å². The Bertz CT molecular complexity index is 1100. The fraction of sp³-hybridized carbons (Fsp3) is 0.304. The van der Waals surface area contributed by atoms with Gasteiger partial charge in [0.05, 0.1) is 21.6 Å². The Morgan fingerprint density at radius 3 is 2.65 bits per heavy atom. The number of benzene rings is 2. The Kier molecular flexibility index (Phi) is 6.16. The smallest absolute Gasteiger partial charge is 0.259 e. The number of rotatable bonds is 5. The zero-order valence-corrected chi connectivity index (χ0v) is 19.1. The van der Waals surface area contributed by atoms with Crippen LogP contribution in [0, 0.1) is 5.92 Å². The first kappa shape index (κ1) is 21.6. The first-order valence-electron chi connectivity index (χ1n) is 10.2. The number of nitrogens with one attached hydrogen (secondary N) is 1. The Hall–Kier alpha value is -2.64. The zero-order valence-electron chi connectivity index (χ0n) is 17.5. The predicted molar refractivity (Wildman–Crippen MR) is 127 cm³/mol.